The maximum Gasteiger partial charge on any atom is 0.159 e. The predicted octanol–water partition coefficient (Wildman–Crippen LogP) is 3.97. The fraction of sp³-hybridized carbons (Fsp3) is 0.125. The van der Waals surface area contributed by atoms with Crippen molar-refractivity contribution in [3.63, 3.8) is 0 Å². The Morgan fingerprint density at radius 3 is 2.38 bits per heavy atom. The van der Waals surface area contributed by atoms with E-state index in [0.29, 0.717) is 16.6 Å². The summed E-state index contributed by atoms with van der Waals surface area (Å²) >= 11 is 6.12. The number of ether oxygens (including phenoxy) is 2. The lowest BCUT2D eigenvalue weighted by Crippen LogP contribution is -1.95. The van der Waals surface area contributed by atoms with Crippen molar-refractivity contribution in [2.45, 2.75) is 0 Å². The first kappa shape index (κ1) is 13.6. The molecule has 0 aliphatic carbocycles. The van der Waals surface area contributed by atoms with Gasteiger partial charge in [-0.15, -0.1) is 10.2 Å². The quantitative estimate of drug-likeness (QED) is 0.734. The van der Waals surface area contributed by atoms with Crippen molar-refractivity contribution in [1.82, 2.24) is 10.2 Å². The van der Waals surface area contributed by atoms with Gasteiger partial charge in [-0.25, -0.2) is 0 Å². The average molecular weight is 301 g/mol. The second-order valence-corrected chi connectivity index (χ2v) is 4.81. The number of fused-ring (bicyclic) bond motifs is 1. The first-order chi connectivity index (χ1) is 10.2. The third-order valence-electron chi connectivity index (χ3n) is 3.30. The number of benzene rings is 2. The molecule has 0 N–H and O–H groups in total. The molecule has 3 aromatic rings. The molecule has 1 aromatic heterocycles. The monoisotopic (exact) mass is 300 g/mol. The second kappa shape index (κ2) is 5.58. The molecule has 2 aromatic carbocycles. The molecule has 0 aliphatic rings. The molecule has 0 aliphatic heterocycles. The van der Waals surface area contributed by atoms with Gasteiger partial charge >= 0.3 is 0 Å². The smallest absolute Gasteiger partial charge is 0.159 e. The predicted molar refractivity (Wildman–Crippen MR) is 83.1 cm³/mol. The lowest BCUT2D eigenvalue weighted by Gasteiger charge is -2.11. The number of rotatable bonds is 3. The summed E-state index contributed by atoms with van der Waals surface area (Å²) < 4.78 is 10.7. The van der Waals surface area contributed by atoms with Crippen molar-refractivity contribution in [2.75, 3.05) is 14.2 Å². The van der Waals surface area contributed by atoms with E-state index in [9.17, 15) is 0 Å². The highest BCUT2D eigenvalue weighted by Crippen LogP contribution is 2.36. The van der Waals surface area contributed by atoms with Gasteiger partial charge in [0.05, 0.1) is 14.2 Å². The topological polar surface area (TPSA) is 44.2 Å². The minimum atomic E-state index is 0.385. The number of halogens is 1. The van der Waals surface area contributed by atoms with E-state index in [1.54, 1.807) is 14.2 Å². The van der Waals surface area contributed by atoms with Crippen molar-refractivity contribution in [2.24, 2.45) is 0 Å². The van der Waals surface area contributed by atoms with Gasteiger partial charge in [-0.1, -0.05) is 35.9 Å². The van der Waals surface area contributed by atoms with Gasteiger partial charge in [0, 0.05) is 16.3 Å². The Kier molecular flexibility index (Phi) is 3.62. The van der Waals surface area contributed by atoms with Gasteiger partial charge in [0.1, 0.15) is 17.2 Å². The van der Waals surface area contributed by atoms with Crippen molar-refractivity contribution >= 4 is 22.4 Å². The average Bonchev–Trinajstić information content (AvgIpc) is 2.55. The molecule has 0 saturated heterocycles. The summed E-state index contributed by atoms with van der Waals surface area (Å²) in [6.45, 7) is 0. The molecule has 0 saturated carbocycles. The van der Waals surface area contributed by atoms with Crippen LogP contribution >= 0.6 is 11.6 Å². The van der Waals surface area contributed by atoms with E-state index in [1.165, 1.54) is 0 Å². The van der Waals surface area contributed by atoms with Crippen LogP contribution in [0.5, 0.6) is 11.5 Å². The summed E-state index contributed by atoms with van der Waals surface area (Å²) in [6, 6.07) is 13.3. The molecule has 106 valence electrons. The summed E-state index contributed by atoms with van der Waals surface area (Å²) in [4.78, 5) is 0. The van der Waals surface area contributed by atoms with Crippen molar-refractivity contribution < 1.29 is 9.47 Å². The van der Waals surface area contributed by atoms with E-state index < -0.39 is 0 Å². The minimum Gasteiger partial charge on any atom is -0.497 e. The number of methoxy groups -OCH3 is 2. The first-order valence-electron chi connectivity index (χ1n) is 6.38. The van der Waals surface area contributed by atoms with E-state index in [2.05, 4.69) is 10.2 Å². The zero-order chi connectivity index (χ0) is 14.8. The molecule has 0 fully saturated rings. The summed E-state index contributed by atoms with van der Waals surface area (Å²) in [6.07, 6.45) is 0. The summed E-state index contributed by atoms with van der Waals surface area (Å²) in [5.74, 6) is 1.43. The van der Waals surface area contributed by atoms with Gasteiger partial charge in [0.15, 0.2) is 5.15 Å². The van der Waals surface area contributed by atoms with Crippen LogP contribution in [0.4, 0.5) is 0 Å². The van der Waals surface area contributed by atoms with Crippen LogP contribution in [-0.4, -0.2) is 24.4 Å². The van der Waals surface area contributed by atoms with Gasteiger partial charge in [-0.2, -0.15) is 0 Å². The highest BCUT2D eigenvalue weighted by molar-refractivity contribution is 6.34. The van der Waals surface area contributed by atoms with Gasteiger partial charge in [-0.3, -0.25) is 0 Å². The molecule has 0 atom stereocenters. The Hall–Kier alpha value is -2.33. The van der Waals surface area contributed by atoms with Gasteiger partial charge in [0.25, 0.3) is 0 Å². The Morgan fingerprint density at radius 2 is 1.67 bits per heavy atom. The highest BCUT2D eigenvalue weighted by atomic mass is 35.5. The van der Waals surface area contributed by atoms with Gasteiger partial charge in [-0.05, 0) is 18.2 Å². The molecule has 0 amide bonds. The molecule has 0 bridgehead atoms. The summed E-state index contributed by atoms with van der Waals surface area (Å²) in [5.41, 5.74) is 1.53. The maximum absolute atomic E-state index is 6.12. The Labute approximate surface area is 127 Å². The molecule has 0 spiro atoms. The molecule has 21 heavy (non-hydrogen) atoms. The Bertz CT molecular complexity index is 805. The van der Waals surface area contributed by atoms with Crippen molar-refractivity contribution in [1.29, 1.82) is 0 Å². The van der Waals surface area contributed by atoms with Crippen LogP contribution in [0.15, 0.2) is 42.5 Å². The Morgan fingerprint density at radius 1 is 0.905 bits per heavy atom. The molecular weight excluding hydrogens is 288 g/mol. The van der Waals surface area contributed by atoms with E-state index in [0.717, 1.165) is 22.1 Å². The number of hydrogen-bond acceptors (Lipinski definition) is 4. The molecular formula is C16H13ClN2O2. The van der Waals surface area contributed by atoms with E-state index >= 15 is 0 Å². The summed E-state index contributed by atoms with van der Waals surface area (Å²) in [7, 11) is 3.24. The van der Waals surface area contributed by atoms with Crippen molar-refractivity contribution in [3.8, 4) is 22.8 Å². The SMILES string of the molecule is COc1ccc(OC)c(-c2nnc(Cl)c3ccccc23)c1. The lowest BCUT2D eigenvalue weighted by atomic mass is 10.0. The number of aromatic nitrogens is 2. The fourth-order valence-electron chi connectivity index (χ4n) is 2.27. The van der Waals surface area contributed by atoms with Crippen LogP contribution in [0, 0.1) is 0 Å². The first-order valence-corrected chi connectivity index (χ1v) is 6.75. The maximum atomic E-state index is 6.12. The van der Waals surface area contributed by atoms with Crippen LogP contribution in [-0.2, 0) is 0 Å². The second-order valence-electron chi connectivity index (χ2n) is 4.45. The van der Waals surface area contributed by atoms with E-state index in [1.807, 2.05) is 42.5 Å². The Balaban J connectivity index is 2.32. The van der Waals surface area contributed by atoms with Crippen LogP contribution in [0.25, 0.3) is 22.0 Å². The zero-order valence-electron chi connectivity index (χ0n) is 11.6. The largest absolute Gasteiger partial charge is 0.497 e. The number of hydrogen-bond donors (Lipinski definition) is 0. The summed E-state index contributed by atoms with van der Waals surface area (Å²) in [5, 5.41) is 10.4. The molecule has 0 radical (unpaired) electrons. The molecule has 3 rings (SSSR count). The number of nitrogens with zero attached hydrogens (tertiary/aromatic N) is 2. The standard InChI is InChI=1S/C16H13ClN2O2/c1-20-10-7-8-14(21-2)13(9-10)15-11-5-3-4-6-12(11)16(17)19-18-15/h3-9H,1-2H3. The fourth-order valence-corrected chi connectivity index (χ4v) is 2.47. The molecule has 5 heteroatoms. The zero-order valence-corrected chi connectivity index (χ0v) is 12.4. The van der Waals surface area contributed by atoms with Gasteiger partial charge < -0.3 is 9.47 Å². The van der Waals surface area contributed by atoms with Crippen LogP contribution in [0.1, 0.15) is 0 Å². The van der Waals surface area contributed by atoms with Crippen LogP contribution in [0.2, 0.25) is 5.15 Å². The van der Waals surface area contributed by atoms with Crippen LogP contribution in [0.3, 0.4) is 0 Å². The molecule has 4 nitrogen and oxygen atoms in total. The van der Waals surface area contributed by atoms with Gasteiger partial charge in [0.2, 0.25) is 0 Å². The lowest BCUT2D eigenvalue weighted by molar-refractivity contribution is 0.404. The third-order valence-corrected chi connectivity index (χ3v) is 3.58. The van der Waals surface area contributed by atoms with Crippen molar-refractivity contribution in [3.05, 3.63) is 47.6 Å². The normalized spacial score (nSPS) is 10.6. The van der Waals surface area contributed by atoms with E-state index in [4.69, 9.17) is 21.1 Å². The van der Waals surface area contributed by atoms with Crippen LogP contribution < -0.4 is 9.47 Å². The third kappa shape index (κ3) is 2.38. The minimum absolute atomic E-state index is 0.385. The van der Waals surface area contributed by atoms with E-state index in [-0.39, 0.29) is 0 Å². The highest BCUT2D eigenvalue weighted by Gasteiger charge is 2.14. The molecule has 0 unspecified atom stereocenters. The molecule has 1 heterocycles.